The van der Waals surface area contributed by atoms with E-state index < -0.39 is 0 Å². The molecule has 1 aliphatic heterocycles. The molecule has 4 rings (SSSR count). The average Bonchev–Trinajstić information content (AvgIpc) is 3.02. The molecular weight excluding hydrogens is 298 g/mol. The molecule has 0 spiro atoms. The number of nitrogens with one attached hydrogen (secondary N) is 1. The lowest BCUT2D eigenvalue weighted by molar-refractivity contribution is 0.0660. The Balaban J connectivity index is 1.81. The van der Waals surface area contributed by atoms with E-state index >= 15 is 0 Å². The number of nitrogens with zero attached hydrogens (tertiary/aromatic N) is 2. The molecule has 0 bridgehead atoms. The molecule has 1 saturated heterocycles. The van der Waals surface area contributed by atoms with Crippen LogP contribution in [0.15, 0.2) is 54.6 Å². The normalized spacial score (nSPS) is 15.8. The Morgan fingerprint density at radius 2 is 1.58 bits per heavy atom. The van der Waals surface area contributed by atoms with Crippen LogP contribution in [0, 0.1) is 0 Å². The summed E-state index contributed by atoms with van der Waals surface area (Å²) >= 11 is 0. The summed E-state index contributed by atoms with van der Waals surface area (Å²) in [5.41, 5.74) is 3.79. The molecule has 3 aromatic rings. The third-order valence-electron chi connectivity index (χ3n) is 4.77. The van der Waals surface area contributed by atoms with E-state index in [9.17, 15) is 4.79 Å². The van der Waals surface area contributed by atoms with Crippen molar-refractivity contribution < 1.29 is 4.79 Å². The largest absolute Gasteiger partial charge is 0.350 e. The van der Waals surface area contributed by atoms with Crippen molar-refractivity contribution in [1.29, 1.82) is 0 Å². The number of aromatic amines is 1. The van der Waals surface area contributed by atoms with Gasteiger partial charge in [-0.05, 0) is 18.7 Å². The molecule has 1 amide bonds. The van der Waals surface area contributed by atoms with Gasteiger partial charge in [-0.1, -0.05) is 48.5 Å². The molecule has 0 radical (unpaired) electrons. The lowest BCUT2D eigenvalue weighted by atomic mass is 10.0. The first-order valence-corrected chi connectivity index (χ1v) is 8.38. The number of rotatable bonds is 2. The predicted molar refractivity (Wildman–Crippen MR) is 97.1 cm³/mol. The van der Waals surface area contributed by atoms with Gasteiger partial charge in [0.25, 0.3) is 5.91 Å². The third-order valence-corrected chi connectivity index (χ3v) is 4.77. The number of aromatic nitrogens is 1. The average molecular weight is 319 g/mol. The Hall–Kier alpha value is -2.59. The van der Waals surface area contributed by atoms with Crippen LogP contribution in [-0.4, -0.2) is 53.9 Å². The first kappa shape index (κ1) is 15.0. The molecule has 1 aliphatic rings. The van der Waals surface area contributed by atoms with Gasteiger partial charge in [0.1, 0.15) is 5.69 Å². The van der Waals surface area contributed by atoms with Gasteiger partial charge in [0.2, 0.25) is 0 Å². The number of likely N-dealkylation sites (N-methyl/N-ethyl adjacent to an activating group) is 1. The molecule has 0 atom stereocenters. The summed E-state index contributed by atoms with van der Waals surface area (Å²) in [5.74, 6) is 0.0955. The molecule has 4 nitrogen and oxygen atoms in total. The van der Waals surface area contributed by atoms with Gasteiger partial charge < -0.3 is 14.8 Å². The second kappa shape index (κ2) is 6.13. The Kier molecular flexibility index (Phi) is 3.82. The van der Waals surface area contributed by atoms with Crippen molar-refractivity contribution >= 4 is 16.8 Å². The maximum absolute atomic E-state index is 13.1. The van der Waals surface area contributed by atoms with E-state index in [4.69, 9.17) is 0 Å². The minimum absolute atomic E-state index is 0.0955. The van der Waals surface area contributed by atoms with Gasteiger partial charge >= 0.3 is 0 Å². The molecule has 0 aliphatic carbocycles. The summed E-state index contributed by atoms with van der Waals surface area (Å²) in [6, 6.07) is 18.3. The van der Waals surface area contributed by atoms with Crippen molar-refractivity contribution in [2.45, 2.75) is 0 Å². The second-order valence-electron chi connectivity index (χ2n) is 6.38. The van der Waals surface area contributed by atoms with Crippen LogP contribution in [-0.2, 0) is 0 Å². The molecule has 1 aromatic heterocycles. The molecule has 2 aromatic carbocycles. The number of fused-ring (bicyclic) bond motifs is 1. The van der Waals surface area contributed by atoms with Crippen LogP contribution >= 0.6 is 0 Å². The fourth-order valence-corrected chi connectivity index (χ4v) is 3.37. The summed E-state index contributed by atoms with van der Waals surface area (Å²) < 4.78 is 0. The van der Waals surface area contributed by atoms with Gasteiger partial charge in [0.15, 0.2) is 0 Å². The topological polar surface area (TPSA) is 39.3 Å². The SMILES string of the molecule is CN1CCN(C(=O)c2[nH]c3ccccc3c2-c2ccccc2)CC1. The molecule has 1 N–H and O–H groups in total. The van der Waals surface area contributed by atoms with Crippen LogP contribution < -0.4 is 0 Å². The smallest absolute Gasteiger partial charge is 0.271 e. The van der Waals surface area contributed by atoms with Crippen LogP contribution in [0.3, 0.4) is 0 Å². The molecule has 0 saturated carbocycles. The number of H-pyrrole nitrogens is 1. The van der Waals surface area contributed by atoms with Gasteiger partial charge in [-0.25, -0.2) is 0 Å². The summed E-state index contributed by atoms with van der Waals surface area (Å²) in [5, 5.41) is 1.10. The first-order chi connectivity index (χ1) is 11.7. The second-order valence-corrected chi connectivity index (χ2v) is 6.38. The number of hydrogen-bond acceptors (Lipinski definition) is 2. The molecule has 122 valence electrons. The number of hydrogen-bond donors (Lipinski definition) is 1. The third kappa shape index (κ3) is 2.59. The van der Waals surface area contributed by atoms with Crippen LogP contribution in [0.2, 0.25) is 0 Å². The van der Waals surface area contributed by atoms with E-state index in [1.54, 1.807) is 0 Å². The number of carbonyl (C=O) groups is 1. The van der Waals surface area contributed by atoms with Gasteiger partial charge in [-0.3, -0.25) is 4.79 Å². The molecule has 2 heterocycles. The van der Waals surface area contributed by atoms with Crippen molar-refractivity contribution in [2.75, 3.05) is 33.2 Å². The number of amides is 1. The van der Waals surface area contributed by atoms with Crippen molar-refractivity contribution in [3.8, 4) is 11.1 Å². The zero-order chi connectivity index (χ0) is 16.5. The van der Waals surface area contributed by atoms with E-state index in [1.807, 2.05) is 41.3 Å². The highest BCUT2D eigenvalue weighted by molar-refractivity contribution is 6.09. The van der Waals surface area contributed by atoms with E-state index in [0.29, 0.717) is 5.69 Å². The Morgan fingerprint density at radius 1 is 0.917 bits per heavy atom. The van der Waals surface area contributed by atoms with Crippen molar-refractivity contribution in [1.82, 2.24) is 14.8 Å². The monoisotopic (exact) mass is 319 g/mol. The maximum atomic E-state index is 13.1. The van der Waals surface area contributed by atoms with Crippen LogP contribution in [0.1, 0.15) is 10.5 Å². The quantitative estimate of drug-likeness (QED) is 0.788. The minimum atomic E-state index is 0.0955. The van der Waals surface area contributed by atoms with E-state index in [0.717, 1.165) is 48.2 Å². The van der Waals surface area contributed by atoms with Crippen molar-refractivity contribution in [2.24, 2.45) is 0 Å². The highest BCUT2D eigenvalue weighted by Crippen LogP contribution is 2.33. The summed E-state index contributed by atoms with van der Waals surface area (Å²) in [6.07, 6.45) is 0. The standard InChI is InChI=1S/C20H21N3O/c1-22-11-13-23(14-12-22)20(24)19-18(15-7-3-2-4-8-15)16-9-5-6-10-17(16)21-19/h2-10,21H,11-14H2,1H3. The zero-order valence-corrected chi connectivity index (χ0v) is 13.8. The summed E-state index contributed by atoms with van der Waals surface area (Å²) in [6.45, 7) is 3.40. The van der Waals surface area contributed by atoms with Gasteiger partial charge in [-0.2, -0.15) is 0 Å². The molecule has 4 heteroatoms. The molecule has 0 unspecified atom stereocenters. The Labute approximate surface area is 141 Å². The predicted octanol–water partition coefficient (Wildman–Crippen LogP) is 3.22. The highest BCUT2D eigenvalue weighted by Gasteiger charge is 2.25. The van der Waals surface area contributed by atoms with Gasteiger partial charge in [0.05, 0.1) is 0 Å². The van der Waals surface area contributed by atoms with Gasteiger partial charge in [-0.15, -0.1) is 0 Å². The van der Waals surface area contributed by atoms with Crippen molar-refractivity contribution in [3.63, 3.8) is 0 Å². The van der Waals surface area contributed by atoms with Crippen LogP contribution in [0.25, 0.3) is 22.0 Å². The first-order valence-electron chi connectivity index (χ1n) is 8.38. The fourth-order valence-electron chi connectivity index (χ4n) is 3.37. The lowest BCUT2D eigenvalue weighted by Crippen LogP contribution is -2.47. The van der Waals surface area contributed by atoms with E-state index in [1.165, 1.54) is 0 Å². The number of benzene rings is 2. The lowest BCUT2D eigenvalue weighted by Gasteiger charge is -2.32. The summed E-state index contributed by atoms with van der Waals surface area (Å²) in [4.78, 5) is 20.7. The number of carbonyl (C=O) groups excluding carboxylic acids is 1. The molecule has 1 fully saturated rings. The molecular formula is C20H21N3O. The van der Waals surface area contributed by atoms with E-state index in [-0.39, 0.29) is 5.91 Å². The molecule has 24 heavy (non-hydrogen) atoms. The van der Waals surface area contributed by atoms with Crippen LogP contribution in [0.5, 0.6) is 0 Å². The Morgan fingerprint density at radius 3 is 2.33 bits per heavy atom. The highest BCUT2D eigenvalue weighted by atomic mass is 16.2. The number of piperazine rings is 1. The summed E-state index contributed by atoms with van der Waals surface area (Å²) in [7, 11) is 2.10. The fraction of sp³-hybridized carbons (Fsp3) is 0.250. The number of para-hydroxylation sites is 1. The minimum Gasteiger partial charge on any atom is -0.350 e. The Bertz CT molecular complexity index is 861. The van der Waals surface area contributed by atoms with Gasteiger partial charge in [0, 0.05) is 42.6 Å². The maximum Gasteiger partial charge on any atom is 0.271 e. The zero-order valence-electron chi connectivity index (χ0n) is 13.8. The van der Waals surface area contributed by atoms with Crippen molar-refractivity contribution in [3.05, 3.63) is 60.3 Å². The van der Waals surface area contributed by atoms with Crippen LogP contribution in [0.4, 0.5) is 0 Å². The van der Waals surface area contributed by atoms with E-state index in [2.05, 4.69) is 35.1 Å².